The van der Waals surface area contributed by atoms with Crippen molar-refractivity contribution in [1.29, 1.82) is 0 Å². The fourth-order valence-electron chi connectivity index (χ4n) is 5.31. The van der Waals surface area contributed by atoms with Gasteiger partial charge in [-0.1, -0.05) is 73.5 Å². The summed E-state index contributed by atoms with van der Waals surface area (Å²) in [5.41, 5.74) is 2.99. The number of nitrogens with one attached hydrogen (secondary N) is 1. The lowest BCUT2D eigenvalue weighted by atomic mass is 10.0. The first-order valence-corrected chi connectivity index (χ1v) is 15.8. The van der Waals surface area contributed by atoms with Gasteiger partial charge >= 0.3 is 0 Å². The Labute approximate surface area is 242 Å². The van der Waals surface area contributed by atoms with E-state index in [-0.39, 0.29) is 30.5 Å². The number of hydrogen-bond donors (Lipinski definition) is 1. The molecule has 0 spiro atoms. The number of anilines is 1. The van der Waals surface area contributed by atoms with Gasteiger partial charge in [0.05, 0.1) is 11.9 Å². The molecule has 1 aliphatic carbocycles. The number of hydrogen-bond acceptors (Lipinski definition) is 4. The number of carbonyl (C=O) groups is 2. The molecule has 3 aromatic carbocycles. The fourth-order valence-corrected chi connectivity index (χ4v) is 6.21. The van der Waals surface area contributed by atoms with E-state index in [4.69, 9.17) is 0 Å². The number of aryl methyl sites for hydroxylation is 2. The Morgan fingerprint density at radius 3 is 2.29 bits per heavy atom. The van der Waals surface area contributed by atoms with E-state index in [1.165, 1.54) is 11.0 Å². The summed E-state index contributed by atoms with van der Waals surface area (Å²) in [7, 11) is -3.88. The van der Waals surface area contributed by atoms with Crippen LogP contribution in [0.3, 0.4) is 0 Å². The lowest BCUT2D eigenvalue weighted by Gasteiger charge is -2.34. The Bertz CT molecular complexity index is 1470. The summed E-state index contributed by atoms with van der Waals surface area (Å²) in [5, 5.41) is 3.11. The van der Waals surface area contributed by atoms with Crippen molar-refractivity contribution in [2.75, 3.05) is 17.1 Å². The van der Waals surface area contributed by atoms with Crippen LogP contribution in [0.5, 0.6) is 0 Å². The van der Waals surface area contributed by atoms with Crippen LogP contribution < -0.4 is 9.62 Å². The van der Waals surface area contributed by atoms with E-state index < -0.39 is 34.3 Å². The van der Waals surface area contributed by atoms with E-state index in [9.17, 15) is 22.4 Å². The maximum Gasteiger partial charge on any atom is 0.244 e. The van der Waals surface area contributed by atoms with Crippen LogP contribution in [0.4, 0.5) is 10.1 Å². The zero-order valence-electron chi connectivity index (χ0n) is 23.8. The van der Waals surface area contributed by atoms with Crippen molar-refractivity contribution in [2.24, 2.45) is 0 Å². The molecule has 1 saturated carbocycles. The minimum atomic E-state index is -3.88. The Morgan fingerprint density at radius 1 is 0.976 bits per heavy atom. The number of nitrogens with zero attached hydrogens (tertiary/aromatic N) is 2. The van der Waals surface area contributed by atoms with Gasteiger partial charge in [0.25, 0.3) is 0 Å². The lowest BCUT2D eigenvalue weighted by Crippen LogP contribution is -2.54. The van der Waals surface area contributed by atoms with Gasteiger partial charge in [0, 0.05) is 24.6 Å². The van der Waals surface area contributed by atoms with Gasteiger partial charge in [0.2, 0.25) is 21.8 Å². The minimum Gasteiger partial charge on any atom is -0.352 e. The van der Waals surface area contributed by atoms with Gasteiger partial charge in [-0.25, -0.2) is 12.8 Å². The minimum absolute atomic E-state index is 0.00801. The highest BCUT2D eigenvalue weighted by atomic mass is 32.2. The van der Waals surface area contributed by atoms with Crippen LogP contribution in [0.2, 0.25) is 0 Å². The number of rotatable bonds is 11. The summed E-state index contributed by atoms with van der Waals surface area (Å²) < 4.78 is 42.0. The molecular formula is C32H38FN3O4S. The van der Waals surface area contributed by atoms with Gasteiger partial charge in [-0.05, 0) is 55.5 Å². The van der Waals surface area contributed by atoms with Crippen LogP contribution in [0.25, 0.3) is 0 Å². The van der Waals surface area contributed by atoms with Gasteiger partial charge in [-0.3, -0.25) is 13.9 Å². The Morgan fingerprint density at radius 2 is 1.63 bits per heavy atom. The van der Waals surface area contributed by atoms with Gasteiger partial charge in [0.15, 0.2) is 0 Å². The van der Waals surface area contributed by atoms with Gasteiger partial charge in [-0.2, -0.15) is 0 Å². The highest BCUT2D eigenvalue weighted by molar-refractivity contribution is 7.92. The summed E-state index contributed by atoms with van der Waals surface area (Å²) in [6.45, 7) is 2.91. The molecule has 0 radical (unpaired) electrons. The summed E-state index contributed by atoms with van der Waals surface area (Å²) >= 11 is 0. The van der Waals surface area contributed by atoms with Crippen LogP contribution >= 0.6 is 0 Å². The van der Waals surface area contributed by atoms with Crippen molar-refractivity contribution in [1.82, 2.24) is 10.2 Å². The van der Waals surface area contributed by atoms with E-state index in [0.29, 0.717) is 11.3 Å². The zero-order chi connectivity index (χ0) is 29.6. The molecule has 1 N–H and O–H groups in total. The SMILES string of the molecule is Cc1ccc(C)c(N(CC(=O)N(Cc2ccccc2F)[C@@H](Cc2ccccc2)C(=O)NC2CCCC2)S(C)(=O)=O)c1. The van der Waals surface area contributed by atoms with Gasteiger partial charge < -0.3 is 10.2 Å². The van der Waals surface area contributed by atoms with Gasteiger partial charge in [0.1, 0.15) is 18.4 Å². The van der Waals surface area contributed by atoms with Crippen molar-refractivity contribution in [3.8, 4) is 0 Å². The van der Waals surface area contributed by atoms with Crippen molar-refractivity contribution in [2.45, 2.75) is 64.6 Å². The molecule has 0 saturated heterocycles. The second-order valence-electron chi connectivity index (χ2n) is 10.9. The lowest BCUT2D eigenvalue weighted by molar-refractivity contribution is -0.140. The monoisotopic (exact) mass is 579 g/mol. The molecule has 1 atom stereocenters. The zero-order valence-corrected chi connectivity index (χ0v) is 24.7. The molecule has 0 aromatic heterocycles. The number of carbonyl (C=O) groups excluding carboxylic acids is 2. The quantitative estimate of drug-likeness (QED) is 0.350. The molecule has 0 bridgehead atoms. The number of sulfonamides is 1. The first-order chi connectivity index (χ1) is 19.5. The average Bonchev–Trinajstić information content (AvgIpc) is 3.44. The van der Waals surface area contributed by atoms with E-state index in [1.807, 2.05) is 43.3 Å². The number of halogens is 1. The molecule has 1 fully saturated rings. The number of benzene rings is 3. The third-order valence-corrected chi connectivity index (χ3v) is 8.71. The number of amides is 2. The highest BCUT2D eigenvalue weighted by Crippen LogP contribution is 2.26. The molecule has 2 amide bonds. The second-order valence-corrected chi connectivity index (χ2v) is 12.8. The third kappa shape index (κ3) is 7.94. The molecule has 0 unspecified atom stereocenters. The molecule has 41 heavy (non-hydrogen) atoms. The van der Waals surface area contributed by atoms with Crippen LogP contribution in [-0.4, -0.2) is 50.0 Å². The van der Waals surface area contributed by atoms with Crippen LogP contribution in [0.15, 0.2) is 72.8 Å². The Kier molecular flexibility index (Phi) is 9.81. The summed E-state index contributed by atoms with van der Waals surface area (Å²) in [4.78, 5) is 29.4. The average molecular weight is 580 g/mol. The maximum atomic E-state index is 14.9. The van der Waals surface area contributed by atoms with E-state index in [2.05, 4.69) is 5.32 Å². The topological polar surface area (TPSA) is 86.8 Å². The molecule has 0 heterocycles. The van der Waals surface area contributed by atoms with E-state index in [1.54, 1.807) is 37.3 Å². The second kappa shape index (κ2) is 13.3. The molecule has 0 aliphatic heterocycles. The van der Waals surface area contributed by atoms with Crippen molar-refractivity contribution in [3.63, 3.8) is 0 Å². The van der Waals surface area contributed by atoms with E-state index in [0.717, 1.165) is 47.4 Å². The van der Waals surface area contributed by atoms with Gasteiger partial charge in [-0.15, -0.1) is 0 Å². The van der Waals surface area contributed by atoms with Crippen molar-refractivity contribution < 1.29 is 22.4 Å². The summed E-state index contributed by atoms with van der Waals surface area (Å²) in [5.74, 6) is -1.43. The predicted molar refractivity (Wildman–Crippen MR) is 159 cm³/mol. The smallest absolute Gasteiger partial charge is 0.244 e. The van der Waals surface area contributed by atoms with Crippen LogP contribution in [0.1, 0.15) is 47.9 Å². The molecule has 4 rings (SSSR count). The Balaban J connectivity index is 1.75. The molecule has 9 heteroatoms. The first-order valence-electron chi connectivity index (χ1n) is 13.9. The maximum absolute atomic E-state index is 14.9. The Hall–Kier alpha value is -3.72. The molecule has 3 aromatic rings. The van der Waals surface area contributed by atoms with Crippen LogP contribution in [0, 0.1) is 19.7 Å². The normalized spacial score (nSPS) is 14.4. The van der Waals surface area contributed by atoms with E-state index >= 15 is 0 Å². The fraction of sp³-hybridized carbons (Fsp3) is 0.375. The van der Waals surface area contributed by atoms with Crippen LogP contribution in [-0.2, 0) is 32.6 Å². The molecular weight excluding hydrogens is 541 g/mol. The van der Waals surface area contributed by atoms with Crippen molar-refractivity contribution >= 4 is 27.5 Å². The largest absolute Gasteiger partial charge is 0.352 e. The molecule has 1 aliphatic rings. The predicted octanol–water partition coefficient (Wildman–Crippen LogP) is 4.91. The van der Waals surface area contributed by atoms with Crippen molar-refractivity contribution in [3.05, 3.63) is 101 Å². The molecule has 218 valence electrons. The highest BCUT2D eigenvalue weighted by Gasteiger charge is 2.34. The molecule has 7 nitrogen and oxygen atoms in total. The standard InChI is InChI=1S/C32H38FN3O4S/c1-23-17-18-24(2)29(19-23)36(41(3,39)40)22-31(37)35(21-26-13-7-10-16-28(26)33)30(20-25-11-5-4-6-12-25)32(38)34-27-14-8-9-15-27/h4-7,10-13,16-19,27,30H,8-9,14-15,20-22H2,1-3H3,(H,34,38)/t30-/m0/s1. The first kappa shape index (κ1) is 30.2. The third-order valence-electron chi connectivity index (χ3n) is 7.58. The summed E-state index contributed by atoms with van der Waals surface area (Å²) in [6, 6.07) is 19.9. The summed E-state index contributed by atoms with van der Waals surface area (Å²) in [6.07, 6.45) is 5.01.